The van der Waals surface area contributed by atoms with Gasteiger partial charge >= 0.3 is 0 Å². The van der Waals surface area contributed by atoms with E-state index in [1.807, 2.05) is 6.92 Å². The highest BCUT2D eigenvalue weighted by Crippen LogP contribution is 2.12. The molecule has 2 heteroatoms. The lowest BCUT2D eigenvalue weighted by Crippen LogP contribution is -2.44. The van der Waals surface area contributed by atoms with E-state index in [-0.39, 0.29) is 12.1 Å². The first-order chi connectivity index (χ1) is 7.50. The molecule has 1 atom stereocenters. The molecular weight excluding hydrogens is 198 g/mol. The minimum absolute atomic E-state index is 0.168. The number of aliphatic hydroxyl groups is 1. The molecule has 0 saturated heterocycles. The van der Waals surface area contributed by atoms with Gasteiger partial charge in [0.15, 0.2) is 0 Å². The monoisotopic (exact) mass is 221 g/mol. The standard InChI is InChI=1S/C14H23NO/c1-5-14(4,10-16)15-9-13-7-6-11(2)12(3)8-13/h6-8,15-16H,5,9-10H2,1-4H3. The number of benzene rings is 1. The zero-order valence-corrected chi connectivity index (χ0v) is 10.8. The summed E-state index contributed by atoms with van der Waals surface area (Å²) in [6.45, 7) is 9.37. The molecule has 0 spiro atoms. The summed E-state index contributed by atoms with van der Waals surface area (Å²) in [7, 11) is 0. The Morgan fingerprint density at radius 3 is 2.44 bits per heavy atom. The van der Waals surface area contributed by atoms with Crippen LogP contribution in [0.1, 0.15) is 37.0 Å². The van der Waals surface area contributed by atoms with Crippen molar-refractivity contribution in [2.75, 3.05) is 6.61 Å². The normalized spacial score (nSPS) is 14.8. The fourth-order valence-corrected chi connectivity index (χ4v) is 1.52. The van der Waals surface area contributed by atoms with Gasteiger partial charge in [0.2, 0.25) is 0 Å². The van der Waals surface area contributed by atoms with Crippen LogP contribution in [0.3, 0.4) is 0 Å². The fraction of sp³-hybridized carbons (Fsp3) is 0.571. The first-order valence-electron chi connectivity index (χ1n) is 5.93. The van der Waals surface area contributed by atoms with E-state index >= 15 is 0 Å². The third-order valence-corrected chi connectivity index (χ3v) is 3.42. The summed E-state index contributed by atoms with van der Waals surface area (Å²) in [5, 5.41) is 12.7. The summed E-state index contributed by atoms with van der Waals surface area (Å²) in [5.74, 6) is 0. The highest BCUT2D eigenvalue weighted by atomic mass is 16.3. The number of aryl methyl sites for hydroxylation is 2. The zero-order chi connectivity index (χ0) is 12.2. The van der Waals surface area contributed by atoms with Crippen LogP contribution in [0.2, 0.25) is 0 Å². The molecule has 2 nitrogen and oxygen atoms in total. The zero-order valence-electron chi connectivity index (χ0n) is 10.8. The highest BCUT2D eigenvalue weighted by molar-refractivity contribution is 5.29. The SMILES string of the molecule is CCC(C)(CO)NCc1ccc(C)c(C)c1. The molecule has 1 aromatic carbocycles. The number of nitrogens with one attached hydrogen (secondary N) is 1. The fourth-order valence-electron chi connectivity index (χ4n) is 1.52. The summed E-state index contributed by atoms with van der Waals surface area (Å²) >= 11 is 0. The lowest BCUT2D eigenvalue weighted by Gasteiger charge is -2.27. The van der Waals surface area contributed by atoms with Gasteiger partial charge in [0, 0.05) is 12.1 Å². The number of hydrogen-bond acceptors (Lipinski definition) is 2. The summed E-state index contributed by atoms with van der Waals surface area (Å²) in [4.78, 5) is 0. The quantitative estimate of drug-likeness (QED) is 0.801. The molecule has 1 aromatic rings. The molecule has 0 aliphatic heterocycles. The minimum atomic E-state index is -0.168. The van der Waals surface area contributed by atoms with Crippen molar-refractivity contribution in [2.24, 2.45) is 0 Å². The average Bonchev–Trinajstić information content (AvgIpc) is 2.30. The Balaban J connectivity index is 2.64. The van der Waals surface area contributed by atoms with E-state index < -0.39 is 0 Å². The van der Waals surface area contributed by atoms with Gasteiger partial charge in [-0.1, -0.05) is 25.1 Å². The van der Waals surface area contributed by atoms with Crippen LogP contribution in [0.5, 0.6) is 0 Å². The van der Waals surface area contributed by atoms with Gasteiger partial charge in [-0.05, 0) is 43.9 Å². The van der Waals surface area contributed by atoms with E-state index in [0.29, 0.717) is 0 Å². The van der Waals surface area contributed by atoms with E-state index in [2.05, 4.69) is 44.3 Å². The maximum atomic E-state index is 9.30. The highest BCUT2D eigenvalue weighted by Gasteiger charge is 2.19. The Morgan fingerprint density at radius 1 is 1.25 bits per heavy atom. The summed E-state index contributed by atoms with van der Waals surface area (Å²) in [6, 6.07) is 6.49. The topological polar surface area (TPSA) is 32.3 Å². The third kappa shape index (κ3) is 3.32. The van der Waals surface area contributed by atoms with Gasteiger partial charge in [-0.2, -0.15) is 0 Å². The first-order valence-corrected chi connectivity index (χ1v) is 5.93. The van der Waals surface area contributed by atoms with Gasteiger partial charge in [0.25, 0.3) is 0 Å². The molecule has 1 unspecified atom stereocenters. The lowest BCUT2D eigenvalue weighted by molar-refractivity contribution is 0.169. The van der Waals surface area contributed by atoms with E-state index in [1.54, 1.807) is 0 Å². The van der Waals surface area contributed by atoms with Crippen LogP contribution < -0.4 is 5.32 Å². The molecule has 0 fully saturated rings. The maximum Gasteiger partial charge on any atom is 0.0610 e. The van der Waals surface area contributed by atoms with Crippen LogP contribution in [0.4, 0.5) is 0 Å². The van der Waals surface area contributed by atoms with Crippen molar-refractivity contribution in [1.82, 2.24) is 5.32 Å². The van der Waals surface area contributed by atoms with Crippen molar-refractivity contribution in [2.45, 2.75) is 46.2 Å². The van der Waals surface area contributed by atoms with Crippen molar-refractivity contribution in [3.05, 3.63) is 34.9 Å². The molecule has 0 aromatic heterocycles. The van der Waals surface area contributed by atoms with Crippen molar-refractivity contribution in [1.29, 1.82) is 0 Å². The van der Waals surface area contributed by atoms with Gasteiger partial charge in [0.1, 0.15) is 0 Å². The summed E-state index contributed by atoms with van der Waals surface area (Å²) in [6.07, 6.45) is 0.925. The molecule has 90 valence electrons. The largest absolute Gasteiger partial charge is 0.394 e. The van der Waals surface area contributed by atoms with Gasteiger partial charge < -0.3 is 10.4 Å². The third-order valence-electron chi connectivity index (χ3n) is 3.42. The van der Waals surface area contributed by atoms with Crippen molar-refractivity contribution >= 4 is 0 Å². The predicted molar refractivity (Wildman–Crippen MR) is 68.5 cm³/mol. The van der Waals surface area contributed by atoms with Crippen LogP contribution in [0.15, 0.2) is 18.2 Å². The van der Waals surface area contributed by atoms with Gasteiger partial charge in [-0.15, -0.1) is 0 Å². The molecule has 1 rings (SSSR count). The Hall–Kier alpha value is -0.860. The maximum absolute atomic E-state index is 9.30. The van der Waals surface area contributed by atoms with Crippen LogP contribution in [0.25, 0.3) is 0 Å². The Kier molecular flexibility index (Phi) is 4.51. The van der Waals surface area contributed by atoms with Crippen LogP contribution >= 0.6 is 0 Å². The number of aliphatic hydroxyl groups excluding tert-OH is 1. The molecule has 0 saturated carbocycles. The molecule has 0 bridgehead atoms. The van der Waals surface area contributed by atoms with Crippen LogP contribution in [-0.4, -0.2) is 17.3 Å². The minimum Gasteiger partial charge on any atom is -0.394 e. The molecule has 0 aliphatic rings. The van der Waals surface area contributed by atoms with E-state index in [0.717, 1.165) is 13.0 Å². The summed E-state index contributed by atoms with van der Waals surface area (Å²) < 4.78 is 0. The lowest BCUT2D eigenvalue weighted by atomic mass is 9.99. The molecule has 16 heavy (non-hydrogen) atoms. The van der Waals surface area contributed by atoms with Gasteiger partial charge in [-0.3, -0.25) is 0 Å². The average molecular weight is 221 g/mol. The van der Waals surface area contributed by atoms with Crippen molar-refractivity contribution < 1.29 is 5.11 Å². The number of hydrogen-bond donors (Lipinski definition) is 2. The van der Waals surface area contributed by atoms with Crippen LogP contribution in [0, 0.1) is 13.8 Å². The molecule has 0 aliphatic carbocycles. The molecular formula is C14H23NO. The Labute approximate surface area is 98.7 Å². The van der Waals surface area contributed by atoms with Crippen LogP contribution in [-0.2, 0) is 6.54 Å². The van der Waals surface area contributed by atoms with Crippen molar-refractivity contribution in [3.8, 4) is 0 Å². The second kappa shape index (κ2) is 5.46. The Morgan fingerprint density at radius 2 is 1.94 bits per heavy atom. The first kappa shape index (κ1) is 13.2. The second-order valence-corrected chi connectivity index (χ2v) is 4.84. The second-order valence-electron chi connectivity index (χ2n) is 4.84. The summed E-state index contributed by atoms with van der Waals surface area (Å²) in [5.41, 5.74) is 3.75. The van der Waals surface area contributed by atoms with E-state index in [1.165, 1.54) is 16.7 Å². The molecule has 0 radical (unpaired) electrons. The molecule has 0 heterocycles. The Bertz CT molecular complexity index is 343. The van der Waals surface area contributed by atoms with Gasteiger partial charge in [0.05, 0.1) is 6.61 Å². The van der Waals surface area contributed by atoms with Gasteiger partial charge in [-0.25, -0.2) is 0 Å². The smallest absolute Gasteiger partial charge is 0.0610 e. The number of rotatable bonds is 5. The predicted octanol–water partition coefficient (Wildman–Crippen LogP) is 2.55. The molecule has 2 N–H and O–H groups in total. The van der Waals surface area contributed by atoms with Crippen molar-refractivity contribution in [3.63, 3.8) is 0 Å². The van der Waals surface area contributed by atoms with E-state index in [9.17, 15) is 5.11 Å². The van der Waals surface area contributed by atoms with E-state index in [4.69, 9.17) is 0 Å². The molecule has 0 amide bonds.